The van der Waals surface area contributed by atoms with Gasteiger partial charge >= 0.3 is 0 Å². The molecule has 0 fully saturated rings. The molecule has 0 amide bonds. The van der Waals surface area contributed by atoms with Crippen molar-refractivity contribution in [1.29, 1.82) is 0 Å². The van der Waals surface area contributed by atoms with Crippen LogP contribution in [0.15, 0.2) is 77.6 Å². The van der Waals surface area contributed by atoms with Crippen molar-refractivity contribution < 1.29 is 0 Å². The highest BCUT2D eigenvalue weighted by atomic mass is 32.1. The van der Waals surface area contributed by atoms with Crippen LogP contribution in [0.2, 0.25) is 0 Å². The summed E-state index contributed by atoms with van der Waals surface area (Å²) < 4.78 is 2.03. The van der Waals surface area contributed by atoms with Gasteiger partial charge in [-0.2, -0.15) is 9.50 Å². The minimum Gasteiger partial charge on any atom is -0.266 e. The second kappa shape index (κ2) is 5.89. The Morgan fingerprint density at radius 1 is 0.885 bits per heavy atom. The molecule has 5 aromatic rings. The van der Waals surface area contributed by atoms with Crippen molar-refractivity contribution in [3.05, 3.63) is 93.2 Å². The third-order valence-corrected chi connectivity index (χ3v) is 5.28. The summed E-state index contributed by atoms with van der Waals surface area (Å²) in [6.07, 6.45) is 1.92. The van der Waals surface area contributed by atoms with E-state index >= 15 is 0 Å². The Morgan fingerprint density at radius 3 is 2.50 bits per heavy atom. The molecule has 0 atom stereocenters. The van der Waals surface area contributed by atoms with Crippen LogP contribution in [0.4, 0.5) is 0 Å². The quantitative estimate of drug-likeness (QED) is 0.487. The van der Waals surface area contributed by atoms with Crippen molar-refractivity contribution in [1.82, 2.24) is 14.6 Å². The normalized spacial score (nSPS) is 12.2. The molecule has 2 heterocycles. The number of hydrogen-bond donors (Lipinski definition) is 0. The Bertz CT molecular complexity index is 1350. The molecule has 2 aromatic heterocycles. The van der Waals surface area contributed by atoms with E-state index in [-0.39, 0.29) is 5.56 Å². The molecule has 0 aliphatic rings. The lowest BCUT2D eigenvalue weighted by atomic mass is 10.0. The summed E-state index contributed by atoms with van der Waals surface area (Å²) in [6.45, 7) is 0. The maximum atomic E-state index is 12.8. The first kappa shape index (κ1) is 15.0. The molecule has 4 nitrogen and oxygen atoms in total. The van der Waals surface area contributed by atoms with Gasteiger partial charge in [-0.15, -0.1) is 5.10 Å². The summed E-state index contributed by atoms with van der Waals surface area (Å²) in [7, 11) is 0. The molecule has 0 aliphatic heterocycles. The zero-order chi connectivity index (χ0) is 17.5. The number of nitrogens with zero attached hydrogens (tertiary/aromatic N) is 3. The number of thiazole rings is 1. The lowest BCUT2D eigenvalue weighted by Crippen LogP contribution is -2.23. The fraction of sp³-hybridized carbons (Fsp3) is 0. The molecular weight excluding hydrogens is 342 g/mol. The van der Waals surface area contributed by atoms with E-state index in [1.165, 1.54) is 15.9 Å². The number of fused-ring (bicyclic) bond motifs is 2. The van der Waals surface area contributed by atoms with Gasteiger partial charge in [0, 0.05) is 5.56 Å². The van der Waals surface area contributed by atoms with Crippen molar-refractivity contribution in [2.24, 2.45) is 0 Å². The van der Waals surface area contributed by atoms with E-state index in [1.807, 2.05) is 60.7 Å². The Labute approximate surface area is 152 Å². The van der Waals surface area contributed by atoms with Crippen LogP contribution in [0.3, 0.4) is 0 Å². The average molecular weight is 355 g/mol. The predicted octanol–water partition coefficient (Wildman–Crippen LogP) is 3.52. The van der Waals surface area contributed by atoms with Gasteiger partial charge < -0.3 is 0 Å². The smallest absolute Gasteiger partial charge is 0.266 e. The first-order chi connectivity index (χ1) is 12.8. The molecular formula is C21H13N3OS. The summed E-state index contributed by atoms with van der Waals surface area (Å²) in [5, 5.41) is 6.67. The number of aromatic nitrogens is 3. The third kappa shape index (κ3) is 2.41. The predicted molar refractivity (Wildman–Crippen MR) is 105 cm³/mol. The van der Waals surface area contributed by atoms with E-state index in [0.717, 1.165) is 21.9 Å². The Balaban J connectivity index is 1.68. The first-order valence-corrected chi connectivity index (χ1v) is 9.06. The summed E-state index contributed by atoms with van der Waals surface area (Å²) in [5.41, 5.74) is 1.79. The van der Waals surface area contributed by atoms with Gasteiger partial charge in [0.2, 0.25) is 4.96 Å². The molecule has 26 heavy (non-hydrogen) atoms. The van der Waals surface area contributed by atoms with Crippen molar-refractivity contribution in [2.45, 2.75) is 0 Å². The van der Waals surface area contributed by atoms with E-state index < -0.39 is 0 Å². The first-order valence-electron chi connectivity index (χ1n) is 8.24. The topological polar surface area (TPSA) is 47.3 Å². The molecule has 0 saturated heterocycles. The molecule has 0 radical (unpaired) electrons. The van der Waals surface area contributed by atoms with Crippen molar-refractivity contribution in [3.63, 3.8) is 0 Å². The zero-order valence-corrected chi connectivity index (χ0v) is 14.5. The van der Waals surface area contributed by atoms with Crippen molar-refractivity contribution in [2.75, 3.05) is 0 Å². The van der Waals surface area contributed by atoms with Crippen LogP contribution in [0, 0.1) is 0 Å². The van der Waals surface area contributed by atoms with Gasteiger partial charge in [0.15, 0.2) is 5.82 Å². The largest absolute Gasteiger partial charge is 0.291 e. The highest BCUT2D eigenvalue weighted by Crippen LogP contribution is 2.19. The van der Waals surface area contributed by atoms with E-state index in [1.54, 1.807) is 0 Å². The maximum absolute atomic E-state index is 12.8. The van der Waals surface area contributed by atoms with Gasteiger partial charge in [0.05, 0.1) is 4.53 Å². The van der Waals surface area contributed by atoms with E-state index in [4.69, 9.17) is 0 Å². The van der Waals surface area contributed by atoms with Crippen LogP contribution in [-0.4, -0.2) is 14.6 Å². The Kier molecular flexibility index (Phi) is 3.40. The Morgan fingerprint density at radius 2 is 1.65 bits per heavy atom. The fourth-order valence-corrected chi connectivity index (χ4v) is 3.96. The number of hydrogen-bond acceptors (Lipinski definition) is 4. The number of benzene rings is 3. The SMILES string of the molecule is O=c1/c(=C/c2cccc3ccccc23)sc2nc(-c3ccccc3)nn12. The maximum Gasteiger partial charge on any atom is 0.291 e. The molecule has 5 heteroatoms. The Hall–Kier alpha value is -3.31. The van der Waals surface area contributed by atoms with Gasteiger partial charge in [0.1, 0.15) is 0 Å². The molecule has 0 bridgehead atoms. The third-order valence-electron chi connectivity index (χ3n) is 4.32. The number of rotatable bonds is 2. The highest BCUT2D eigenvalue weighted by Gasteiger charge is 2.11. The van der Waals surface area contributed by atoms with Gasteiger partial charge in [-0.25, -0.2) is 0 Å². The molecule has 0 N–H and O–H groups in total. The van der Waals surface area contributed by atoms with Crippen LogP contribution in [-0.2, 0) is 0 Å². The fourth-order valence-electron chi connectivity index (χ4n) is 3.06. The zero-order valence-electron chi connectivity index (χ0n) is 13.7. The van der Waals surface area contributed by atoms with Crippen LogP contribution in [0.5, 0.6) is 0 Å². The summed E-state index contributed by atoms with van der Waals surface area (Å²) in [5.74, 6) is 0.575. The molecule has 3 aromatic carbocycles. The summed E-state index contributed by atoms with van der Waals surface area (Å²) in [4.78, 5) is 17.9. The summed E-state index contributed by atoms with van der Waals surface area (Å²) in [6, 6.07) is 23.9. The summed E-state index contributed by atoms with van der Waals surface area (Å²) >= 11 is 1.36. The second-order valence-corrected chi connectivity index (χ2v) is 6.99. The average Bonchev–Trinajstić information content (AvgIpc) is 3.23. The molecule has 0 unspecified atom stereocenters. The van der Waals surface area contributed by atoms with Crippen LogP contribution < -0.4 is 10.1 Å². The van der Waals surface area contributed by atoms with Gasteiger partial charge in [-0.3, -0.25) is 4.79 Å². The highest BCUT2D eigenvalue weighted by molar-refractivity contribution is 7.15. The van der Waals surface area contributed by atoms with Gasteiger partial charge in [0.25, 0.3) is 5.56 Å². The van der Waals surface area contributed by atoms with Crippen molar-refractivity contribution in [3.8, 4) is 11.4 Å². The minimum absolute atomic E-state index is 0.132. The molecule has 0 saturated carbocycles. The second-order valence-electron chi connectivity index (χ2n) is 5.98. The van der Waals surface area contributed by atoms with Crippen LogP contribution >= 0.6 is 11.3 Å². The molecule has 0 spiro atoms. The molecule has 124 valence electrons. The lowest BCUT2D eigenvalue weighted by molar-refractivity contribution is 0.937. The van der Waals surface area contributed by atoms with E-state index in [9.17, 15) is 4.79 Å². The van der Waals surface area contributed by atoms with E-state index in [0.29, 0.717) is 15.3 Å². The van der Waals surface area contributed by atoms with Gasteiger partial charge in [-0.1, -0.05) is 84.1 Å². The molecule has 5 rings (SSSR count). The van der Waals surface area contributed by atoms with Crippen LogP contribution in [0.25, 0.3) is 33.2 Å². The van der Waals surface area contributed by atoms with Crippen LogP contribution in [0.1, 0.15) is 5.56 Å². The standard InChI is InChI=1S/C21H13N3OS/c25-20-18(13-16-11-6-10-14-7-4-5-12-17(14)16)26-21-22-19(23-24(20)21)15-8-2-1-3-9-15/h1-13H/b18-13-. The monoisotopic (exact) mass is 355 g/mol. The van der Waals surface area contributed by atoms with Crippen molar-refractivity contribution >= 4 is 33.1 Å². The van der Waals surface area contributed by atoms with Gasteiger partial charge in [-0.05, 0) is 22.4 Å². The van der Waals surface area contributed by atoms with E-state index in [2.05, 4.69) is 28.3 Å². The molecule has 0 aliphatic carbocycles. The lowest BCUT2D eigenvalue weighted by Gasteiger charge is -2.00. The minimum atomic E-state index is -0.132.